The van der Waals surface area contributed by atoms with Gasteiger partial charge in [0.25, 0.3) is 0 Å². The zero-order chi connectivity index (χ0) is 38.1. The lowest BCUT2D eigenvalue weighted by atomic mass is 9.82. The smallest absolute Gasteiger partial charge is 0.164 e. The molecule has 0 radical (unpaired) electrons. The van der Waals surface area contributed by atoms with E-state index >= 15 is 0 Å². The van der Waals surface area contributed by atoms with Crippen LogP contribution in [0.3, 0.4) is 0 Å². The summed E-state index contributed by atoms with van der Waals surface area (Å²) in [5.74, 6) is 1.98. The fourth-order valence-electron chi connectivity index (χ4n) is 9.23. The van der Waals surface area contributed by atoms with Crippen molar-refractivity contribution in [1.82, 2.24) is 15.0 Å². The van der Waals surface area contributed by atoms with Crippen LogP contribution in [0.15, 0.2) is 188 Å². The Bertz CT molecular complexity index is 3180. The maximum atomic E-state index is 5.26. The number of benzene rings is 9. The van der Waals surface area contributed by atoms with Gasteiger partial charge in [0.1, 0.15) is 0 Å². The summed E-state index contributed by atoms with van der Waals surface area (Å²) >= 11 is 0. The van der Waals surface area contributed by atoms with Crippen molar-refractivity contribution in [3.05, 3.63) is 199 Å². The van der Waals surface area contributed by atoms with Gasteiger partial charge in [0.15, 0.2) is 17.5 Å². The van der Waals surface area contributed by atoms with Gasteiger partial charge in [-0.2, -0.15) is 0 Å². The van der Waals surface area contributed by atoms with Crippen LogP contribution < -0.4 is 0 Å². The van der Waals surface area contributed by atoms with Gasteiger partial charge in [-0.1, -0.05) is 202 Å². The lowest BCUT2D eigenvalue weighted by Gasteiger charge is -2.21. The Balaban J connectivity index is 1.11. The van der Waals surface area contributed by atoms with Crippen LogP contribution in [0.4, 0.5) is 0 Å². The molecule has 0 saturated carbocycles. The Kier molecular flexibility index (Phi) is 7.52. The minimum absolute atomic E-state index is 0.129. The van der Waals surface area contributed by atoms with Crippen molar-refractivity contribution in [3.8, 4) is 67.5 Å². The van der Waals surface area contributed by atoms with Crippen molar-refractivity contribution in [3.63, 3.8) is 0 Å². The summed E-state index contributed by atoms with van der Waals surface area (Å²) < 4.78 is 0. The van der Waals surface area contributed by atoms with Crippen molar-refractivity contribution in [2.75, 3.05) is 0 Å². The summed E-state index contributed by atoms with van der Waals surface area (Å²) in [5, 5.41) is 7.45. The van der Waals surface area contributed by atoms with E-state index in [-0.39, 0.29) is 5.41 Å². The maximum absolute atomic E-state index is 5.26. The topological polar surface area (TPSA) is 38.7 Å². The van der Waals surface area contributed by atoms with Crippen LogP contribution in [0.25, 0.3) is 99.9 Å². The number of rotatable bonds is 5. The predicted octanol–water partition coefficient (Wildman–Crippen LogP) is 14.0. The molecule has 0 saturated heterocycles. The molecule has 268 valence electrons. The minimum Gasteiger partial charge on any atom is -0.208 e. The monoisotopic (exact) mass is 727 g/mol. The van der Waals surface area contributed by atoms with E-state index < -0.39 is 0 Å². The van der Waals surface area contributed by atoms with E-state index in [1.54, 1.807) is 0 Å². The van der Waals surface area contributed by atoms with Crippen LogP contribution in [0.5, 0.6) is 0 Å². The molecule has 0 atom stereocenters. The first-order chi connectivity index (χ1) is 28.0. The van der Waals surface area contributed by atoms with E-state index in [0.717, 1.165) is 22.3 Å². The van der Waals surface area contributed by atoms with E-state index in [2.05, 4.69) is 184 Å². The average molecular weight is 728 g/mol. The summed E-state index contributed by atoms with van der Waals surface area (Å²) in [7, 11) is 0. The van der Waals surface area contributed by atoms with Gasteiger partial charge < -0.3 is 0 Å². The number of hydrogen-bond donors (Lipinski definition) is 0. The Labute approximate surface area is 332 Å². The van der Waals surface area contributed by atoms with Crippen LogP contribution in [0.1, 0.15) is 25.0 Å². The molecule has 0 fully saturated rings. The molecule has 1 aromatic heterocycles. The molecule has 1 aliphatic carbocycles. The van der Waals surface area contributed by atoms with Crippen LogP contribution in [-0.4, -0.2) is 15.0 Å². The molecule has 10 aromatic rings. The second kappa shape index (κ2) is 12.9. The summed E-state index contributed by atoms with van der Waals surface area (Å²) in [6.45, 7) is 4.61. The first-order valence-electron chi connectivity index (χ1n) is 19.6. The quantitative estimate of drug-likeness (QED) is 0.131. The maximum Gasteiger partial charge on any atom is 0.164 e. The zero-order valence-electron chi connectivity index (χ0n) is 31.7. The first kappa shape index (κ1) is 33.1. The molecule has 1 aliphatic rings. The number of hydrogen-bond acceptors (Lipinski definition) is 3. The normalized spacial score (nSPS) is 12.9. The van der Waals surface area contributed by atoms with E-state index in [0.29, 0.717) is 17.5 Å². The van der Waals surface area contributed by atoms with Crippen molar-refractivity contribution in [1.29, 1.82) is 0 Å². The van der Waals surface area contributed by atoms with E-state index in [1.165, 1.54) is 71.3 Å². The van der Waals surface area contributed by atoms with E-state index in [4.69, 9.17) is 15.0 Å². The fraction of sp³-hybridized carbons (Fsp3) is 0.0556. The van der Waals surface area contributed by atoms with Crippen molar-refractivity contribution in [2.24, 2.45) is 0 Å². The van der Waals surface area contributed by atoms with Gasteiger partial charge in [0, 0.05) is 22.1 Å². The van der Waals surface area contributed by atoms with Crippen molar-refractivity contribution < 1.29 is 0 Å². The highest BCUT2D eigenvalue weighted by Gasteiger charge is 2.37. The van der Waals surface area contributed by atoms with Crippen LogP contribution >= 0.6 is 0 Å². The Morgan fingerprint density at radius 3 is 1.56 bits per heavy atom. The van der Waals surface area contributed by atoms with E-state index in [1.807, 2.05) is 18.2 Å². The lowest BCUT2D eigenvalue weighted by Crippen LogP contribution is -2.14. The molecule has 0 bridgehead atoms. The molecule has 3 nitrogen and oxygen atoms in total. The van der Waals surface area contributed by atoms with Gasteiger partial charge in [0.2, 0.25) is 0 Å². The third kappa shape index (κ3) is 5.23. The predicted molar refractivity (Wildman–Crippen MR) is 237 cm³/mol. The third-order valence-corrected chi connectivity index (χ3v) is 11.9. The molecule has 0 N–H and O–H groups in total. The van der Waals surface area contributed by atoms with Crippen LogP contribution in [0.2, 0.25) is 0 Å². The van der Waals surface area contributed by atoms with Gasteiger partial charge in [-0.25, -0.2) is 15.0 Å². The van der Waals surface area contributed by atoms with Gasteiger partial charge in [0.05, 0.1) is 0 Å². The molecule has 0 spiro atoms. The summed E-state index contributed by atoms with van der Waals surface area (Å²) in [6, 6.07) is 67.3. The molecule has 0 aliphatic heterocycles. The molecule has 1 heterocycles. The van der Waals surface area contributed by atoms with Gasteiger partial charge in [-0.05, 0) is 76.8 Å². The van der Waals surface area contributed by atoms with E-state index in [9.17, 15) is 0 Å². The largest absolute Gasteiger partial charge is 0.208 e. The highest BCUT2D eigenvalue weighted by molar-refractivity contribution is 6.27. The average Bonchev–Trinajstić information content (AvgIpc) is 3.52. The van der Waals surface area contributed by atoms with Gasteiger partial charge in [-0.3, -0.25) is 0 Å². The zero-order valence-corrected chi connectivity index (χ0v) is 31.7. The highest BCUT2D eigenvalue weighted by atomic mass is 15.0. The van der Waals surface area contributed by atoms with Gasteiger partial charge >= 0.3 is 0 Å². The summed E-state index contributed by atoms with van der Waals surface area (Å²) in [6.07, 6.45) is 0. The molecular weight excluding hydrogens is 691 g/mol. The fourth-order valence-corrected chi connectivity index (χ4v) is 9.23. The lowest BCUT2D eigenvalue weighted by molar-refractivity contribution is 0.660. The van der Waals surface area contributed by atoms with Gasteiger partial charge in [-0.15, -0.1) is 0 Å². The molecular formula is C54H37N3. The Morgan fingerprint density at radius 1 is 0.316 bits per heavy atom. The molecule has 0 amide bonds. The number of fused-ring (bicyclic) bond motifs is 7. The summed E-state index contributed by atoms with van der Waals surface area (Å²) in [4.78, 5) is 15.5. The molecule has 57 heavy (non-hydrogen) atoms. The standard InChI is InChI=1S/C54H37N3/c1-54(2)45-26-14-13-24-42(45)49-44(25-15-27-46(49)54)53-56-51(37-19-7-4-8-20-37)55-52(57-53)38-30-28-36(29-31-38)47-40-22-11-12-23-41(40)48(35-17-5-3-6-18-35)50-39-21-10-9-16-34(39)32-33-43(47)50/h3-33H,1-2H3. The third-order valence-electron chi connectivity index (χ3n) is 11.9. The van der Waals surface area contributed by atoms with Crippen LogP contribution in [-0.2, 0) is 5.41 Å². The SMILES string of the molecule is CC1(C)c2ccccc2-c2c(-c3nc(-c4ccccc4)nc(-c4ccc(-c5c6ccccc6c(-c6ccccc6)c6c5ccc5ccccc56)cc4)n3)cccc21. The second-order valence-electron chi connectivity index (χ2n) is 15.5. The molecule has 0 unspecified atom stereocenters. The van der Waals surface area contributed by atoms with Crippen LogP contribution in [0, 0.1) is 0 Å². The first-order valence-corrected chi connectivity index (χ1v) is 19.6. The highest BCUT2D eigenvalue weighted by Crippen LogP contribution is 2.52. The molecule has 3 heteroatoms. The van der Waals surface area contributed by atoms with Crippen molar-refractivity contribution in [2.45, 2.75) is 19.3 Å². The molecule has 9 aromatic carbocycles. The Morgan fingerprint density at radius 2 is 0.825 bits per heavy atom. The molecule has 11 rings (SSSR count). The summed E-state index contributed by atoms with van der Waals surface area (Å²) in [5.41, 5.74) is 12.7. The van der Waals surface area contributed by atoms with Crippen molar-refractivity contribution >= 4 is 32.3 Å². The number of nitrogens with zero attached hydrogens (tertiary/aromatic N) is 3. The Hall–Kier alpha value is -7.23. The second-order valence-corrected chi connectivity index (χ2v) is 15.5. The number of aromatic nitrogens is 3. The minimum atomic E-state index is -0.129.